The van der Waals surface area contributed by atoms with Gasteiger partial charge in [0.15, 0.2) is 0 Å². The van der Waals surface area contributed by atoms with Gasteiger partial charge in [-0.05, 0) is 32.8 Å². The van der Waals surface area contributed by atoms with Crippen LogP contribution in [0.4, 0.5) is 0 Å². The third-order valence-corrected chi connectivity index (χ3v) is 4.27. The minimum absolute atomic E-state index is 0.736. The van der Waals surface area contributed by atoms with E-state index >= 15 is 0 Å². The van der Waals surface area contributed by atoms with Crippen molar-refractivity contribution >= 4 is 11.3 Å². The minimum atomic E-state index is 0.736. The molecule has 1 fully saturated rings. The van der Waals surface area contributed by atoms with Crippen molar-refractivity contribution in [2.24, 2.45) is 0 Å². The van der Waals surface area contributed by atoms with Gasteiger partial charge in [-0.2, -0.15) is 5.10 Å². The van der Waals surface area contributed by atoms with Crippen LogP contribution in [0.15, 0.2) is 12.3 Å². The summed E-state index contributed by atoms with van der Waals surface area (Å²) in [7, 11) is 0. The van der Waals surface area contributed by atoms with Gasteiger partial charge in [0.25, 0.3) is 0 Å². The third-order valence-electron chi connectivity index (χ3n) is 3.22. The Morgan fingerprint density at radius 2 is 2.28 bits per heavy atom. The van der Waals surface area contributed by atoms with Crippen LogP contribution in [0.5, 0.6) is 0 Å². The number of aromatic nitrogens is 3. The third kappa shape index (κ3) is 2.79. The van der Waals surface area contributed by atoms with Crippen molar-refractivity contribution in [2.45, 2.75) is 45.8 Å². The molecule has 0 saturated heterocycles. The average Bonchev–Trinajstić information content (AvgIpc) is 2.98. The molecule has 1 aliphatic rings. The van der Waals surface area contributed by atoms with Gasteiger partial charge in [-0.3, -0.25) is 4.68 Å². The normalized spacial score (nSPS) is 15.2. The van der Waals surface area contributed by atoms with E-state index in [9.17, 15) is 0 Å². The number of hydrogen-bond donors (Lipinski definition) is 1. The molecule has 0 atom stereocenters. The van der Waals surface area contributed by atoms with Gasteiger partial charge in [-0.15, -0.1) is 11.3 Å². The van der Waals surface area contributed by atoms with Crippen LogP contribution in [0.2, 0.25) is 0 Å². The first-order chi connectivity index (χ1) is 8.70. The fourth-order valence-electron chi connectivity index (χ4n) is 1.87. The van der Waals surface area contributed by atoms with Crippen LogP contribution >= 0.6 is 11.3 Å². The van der Waals surface area contributed by atoms with Crippen molar-refractivity contribution in [3.8, 4) is 0 Å². The van der Waals surface area contributed by atoms with Crippen LogP contribution in [-0.2, 0) is 13.1 Å². The molecule has 1 aliphatic carbocycles. The van der Waals surface area contributed by atoms with E-state index in [2.05, 4.69) is 35.3 Å². The zero-order chi connectivity index (χ0) is 12.5. The molecule has 0 aromatic carbocycles. The highest BCUT2D eigenvalue weighted by atomic mass is 32.1. The van der Waals surface area contributed by atoms with Crippen molar-refractivity contribution in [1.29, 1.82) is 0 Å². The number of aryl methyl sites for hydroxylation is 2. The van der Waals surface area contributed by atoms with E-state index in [1.54, 1.807) is 11.3 Å². The summed E-state index contributed by atoms with van der Waals surface area (Å²) in [6.45, 7) is 5.84. The predicted molar refractivity (Wildman–Crippen MR) is 72.8 cm³/mol. The Labute approximate surface area is 111 Å². The van der Waals surface area contributed by atoms with Gasteiger partial charge in [0.2, 0.25) is 0 Å². The van der Waals surface area contributed by atoms with E-state index < -0.39 is 0 Å². The van der Waals surface area contributed by atoms with Crippen molar-refractivity contribution in [2.75, 3.05) is 0 Å². The zero-order valence-electron chi connectivity index (χ0n) is 10.8. The van der Waals surface area contributed by atoms with E-state index in [4.69, 9.17) is 0 Å². The Hall–Kier alpha value is -1.20. The van der Waals surface area contributed by atoms with Crippen molar-refractivity contribution in [3.63, 3.8) is 0 Å². The molecule has 0 radical (unpaired) electrons. The molecule has 0 bridgehead atoms. The maximum absolute atomic E-state index is 4.57. The molecule has 18 heavy (non-hydrogen) atoms. The molecular weight excluding hydrogens is 244 g/mol. The number of rotatable bonds is 5. The summed E-state index contributed by atoms with van der Waals surface area (Å²) >= 11 is 1.76. The molecular formula is C13H18N4S. The molecule has 0 unspecified atom stereocenters. The van der Waals surface area contributed by atoms with Gasteiger partial charge >= 0.3 is 0 Å². The SMILES string of the molecule is Cc1nc(Cn2ccc(CNC3CC3)n2)sc1C. The zero-order valence-corrected chi connectivity index (χ0v) is 11.6. The van der Waals surface area contributed by atoms with Gasteiger partial charge in [-0.25, -0.2) is 4.98 Å². The fraction of sp³-hybridized carbons (Fsp3) is 0.538. The summed E-state index contributed by atoms with van der Waals surface area (Å²) in [5, 5.41) is 9.17. The fourth-order valence-corrected chi connectivity index (χ4v) is 2.79. The molecule has 3 rings (SSSR count). The highest BCUT2D eigenvalue weighted by molar-refractivity contribution is 7.11. The molecule has 1 saturated carbocycles. The van der Waals surface area contributed by atoms with Crippen LogP contribution in [0.25, 0.3) is 0 Å². The largest absolute Gasteiger partial charge is 0.308 e. The van der Waals surface area contributed by atoms with E-state index in [0.29, 0.717) is 0 Å². The molecule has 96 valence electrons. The lowest BCUT2D eigenvalue weighted by Crippen LogP contribution is -2.16. The minimum Gasteiger partial charge on any atom is -0.308 e. The van der Waals surface area contributed by atoms with E-state index in [0.717, 1.165) is 35.5 Å². The van der Waals surface area contributed by atoms with Crippen LogP contribution in [-0.4, -0.2) is 20.8 Å². The van der Waals surface area contributed by atoms with Gasteiger partial charge in [0.05, 0.1) is 17.9 Å². The molecule has 4 nitrogen and oxygen atoms in total. The van der Waals surface area contributed by atoms with Crippen LogP contribution in [0, 0.1) is 13.8 Å². The monoisotopic (exact) mass is 262 g/mol. The molecule has 2 aromatic heterocycles. The molecule has 2 aromatic rings. The number of nitrogens with zero attached hydrogens (tertiary/aromatic N) is 3. The quantitative estimate of drug-likeness (QED) is 0.898. The van der Waals surface area contributed by atoms with Crippen LogP contribution in [0.1, 0.15) is 34.1 Å². The smallest absolute Gasteiger partial charge is 0.115 e. The Bertz CT molecular complexity index is 519. The summed E-state index contributed by atoms with van der Waals surface area (Å²) in [5.41, 5.74) is 2.25. The Balaban J connectivity index is 1.61. The van der Waals surface area contributed by atoms with Crippen LogP contribution in [0.3, 0.4) is 0 Å². The summed E-state index contributed by atoms with van der Waals surface area (Å²) in [6.07, 6.45) is 4.67. The summed E-state index contributed by atoms with van der Waals surface area (Å²) in [4.78, 5) is 5.84. The second-order valence-corrected chi connectivity index (χ2v) is 6.20. The van der Waals surface area contributed by atoms with E-state index in [1.807, 2.05) is 10.9 Å². The van der Waals surface area contributed by atoms with Gasteiger partial charge in [-0.1, -0.05) is 0 Å². The Morgan fingerprint density at radius 1 is 1.44 bits per heavy atom. The maximum atomic E-state index is 4.57. The first kappa shape index (κ1) is 11.9. The van der Waals surface area contributed by atoms with Crippen molar-refractivity contribution in [3.05, 3.63) is 33.5 Å². The van der Waals surface area contributed by atoms with E-state index in [-0.39, 0.29) is 0 Å². The highest BCUT2D eigenvalue weighted by Gasteiger charge is 2.20. The summed E-state index contributed by atoms with van der Waals surface area (Å²) in [5.74, 6) is 0. The van der Waals surface area contributed by atoms with Gasteiger partial charge < -0.3 is 5.32 Å². The first-order valence-electron chi connectivity index (χ1n) is 6.39. The lowest BCUT2D eigenvalue weighted by Gasteiger charge is -1.99. The number of hydrogen-bond acceptors (Lipinski definition) is 4. The van der Waals surface area contributed by atoms with E-state index in [1.165, 1.54) is 17.7 Å². The second-order valence-electron chi connectivity index (χ2n) is 4.91. The first-order valence-corrected chi connectivity index (χ1v) is 7.21. The Morgan fingerprint density at radius 3 is 2.94 bits per heavy atom. The van der Waals surface area contributed by atoms with Gasteiger partial charge in [0, 0.05) is 23.7 Å². The van der Waals surface area contributed by atoms with Crippen LogP contribution < -0.4 is 5.32 Å². The second kappa shape index (κ2) is 4.82. The number of thiazole rings is 1. The lowest BCUT2D eigenvalue weighted by atomic mass is 10.4. The lowest BCUT2D eigenvalue weighted by molar-refractivity contribution is 0.629. The number of nitrogens with one attached hydrogen (secondary N) is 1. The molecule has 2 heterocycles. The van der Waals surface area contributed by atoms with Crippen molar-refractivity contribution in [1.82, 2.24) is 20.1 Å². The Kier molecular flexibility index (Phi) is 3.18. The average molecular weight is 262 g/mol. The molecule has 1 N–H and O–H groups in total. The standard InChI is InChI=1S/C13H18N4S/c1-9-10(2)18-13(15-9)8-17-6-5-12(16-17)7-14-11-3-4-11/h5-6,11,14H,3-4,7-8H2,1-2H3. The van der Waals surface area contributed by atoms with Crippen molar-refractivity contribution < 1.29 is 0 Å². The predicted octanol–water partition coefficient (Wildman–Crippen LogP) is 2.26. The highest BCUT2D eigenvalue weighted by Crippen LogP contribution is 2.19. The molecule has 0 spiro atoms. The maximum Gasteiger partial charge on any atom is 0.115 e. The topological polar surface area (TPSA) is 42.7 Å². The molecule has 5 heteroatoms. The van der Waals surface area contributed by atoms with Gasteiger partial charge in [0.1, 0.15) is 5.01 Å². The molecule has 0 aliphatic heterocycles. The summed E-state index contributed by atoms with van der Waals surface area (Å²) < 4.78 is 1.97. The molecule has 0 amide bonds. The summed E-state index contributed by atoms with van der Waals surface area (Å²) in [6, 6.07) is 2.82.